The van der Waals surface area contributed by atoms with E-state index in [1.165, 1.54) is 24.3 Å². The van der Waals surface area contributed by atoms with Crippen molar-refractivity contribution in [3.63, 3.8) is 0 Å². The number of fused-ring (bicyclic) bond motifs is 2. The van der Waals surface area contributed by atoms with E-state index in [1.54, 1.807) is 60.7 Å². The standard InChI is InChI=1S/C11H12ClNO3S.C11H14ClNO.C11H13N2O3S.C6H6ClN.C6H7N2O3S.5C2H6.4Rb/c1-11(2,3)10-13-7-5-4-6-8(9(7)16-10)17(12,14)15;1-11(2,3)10(14)13-9-6-4-5-8(12)7-9;1-11(2,3)10-13-7-5-4-6-8(9(7)16-10)17(12,14)15;7-5-2-1-3-6(8)4-5;7-4-2-1-3-5(6(4)9)12(8,10)11;5*1-2;;;;/h4-6H,1-3H3;4-7H,1-3H3,(H,13,14);4-6H,1-3H3,(H-,12,14,15);1-4H,8H2;1-3H,7H2,(H2-,8,9,10,11);5*1-2H3;;;;/q;;-1;;-1;;;;;;4*+1. The predicted octanol–water partition coefficient (Wildman–Crippen LogP) is 5.03. The largest absolute Gasteiger partial charge is 1.00 e. The van der Waals surface area contributed by atoms with Crippen LogP contribution in [0.4, 0.5) is 17.1 Å². The molecule has 7 rings (SSSR count). The summed E-state index contributed by atoms with van der Waals surface area (Å²) in [4.78, 5) is 19.5. The molecule has 0 atom stereocenters. The van der Waals surface area contributed by atoms with Crippen molar-refractivity contribution in [1.29, 1.82) is 0 Å². The molecule has 17 nitrogen and oxygen atoms in total. The van der Waals surface area contributed by atoms with Gasteiger partial charge in [0.15, 0.2) is 16.9 Å². The van der Waals surface area contributed by atoms with E-state index in [1.807, 2.05) is 144 Å². The molecular formula is C55H82Cl3N7O10Rb4S3+2. The molecule has 8 N–H and O–H groups in total. The molecule has 0 unspecified atom stereocenters. The smallest absolute Gasteiger partial charge is 0.560 e. The number of phenols is 1. The number of amides is 1. The van der Waals surface area contributed by atoms with Gasteiger partial charge in [-0.2, -0.15) is 0 Å². The molecule has 0 aliphatic carbocycles. The van der Waals surface area contributed by atoms with Crippen LogP contribution in [0.1, 0.15) is 143 Å². The maximum Gasteiger partial charge on any atom is 1.00 e. The zero-order valence-electron chi connectivity index (χ0n) is 52.3. The van der Waals surface area contributed by atoms with Crippen LogP contribution in [0, 0.1) is 5.41 Å². The van der Waals surface area contributed by atoms with Crippen molar-refractivity contribution in [3.8, 4) is 5.75 Å². The summed E-state index contributed by atoms with van der Waals surface area (Å²) in [6.45, 7) is 37.2. The Morgan fingerprint density at radius 2 is 0.878 bits per heavy atom. The quantitative estimate of drug-likeness (QED) is 0.102. The summed E-state index contributed by atoms with van der Waals surface area (Å²) in [5.41, 5.74) is 12.3. The fourth-order valence-electron chi connectivity index (χ4n) is 5.04. The van der Waals surface area contributed by atoms with Crippen LogP contribution in [0.2, 0.25) is 10.0 Å². The molecule has 438 valence electrons. The number of nitrogens with two attached hydrogens (primary N) is 2. The number of carbonyl (C=O) groups is 1. The summed E-state index contributed by atoms with van der Waals surface area (Å²) < 4.78 is 77.6. The first-order valence-corrected chi connectivity index (χ1v) is 30.9. The zero-order chi connectivity index (χ0) is 61.8. The maximum atomic E-state index is 11.6. The number of carbonyl (C=O) groups excluding carboxylic acids is 1. The van der Waals surface area contributed by atoms with Crippen LogP contribution >= 0.6 is 33.9 Å². The topological polar surface area (TPSA) is 303 Å². The molecule has 0 radical (unpaired) electrons. The SMILES string of the molecule is CC.CC.CC.CC.CC.CC(C)(C)C(=O)Nc1cccc(Cl)c1.CC(C)(C)c1nc2cccc(S(=O)(=O)Cl)c2o1.CC(C)(C)c1nc2cccc(S([NH-])(=O)=O)c2o1.Nc1cccc(Cl)c1.[NH-]S(=O)(=O)c1cccc(N)c1O.[Rb+].[Rb+].[Rb+].[Rb+]. The summed E-state index contributed by atoms with van der Waals surface area (Å²) in [5.74, 6) is 0.371. The van der Waals surface area contributed by atoms with Gasteiger partial charge in [-0.25, -0.2) is 35.2 Å². The van der Waals surface area contributed by atoms with Gasteiger partial charge in [-0.1, -0.05) is 185 Å². The monoisotopic (exact) mass is 1540 g/mol. The summed E-state index contributed by atoms with van der Waals surface area (Å²) in [7, 11) is -6.66. The van der Waals surface area contributed by atoms with Gasteiger partial charge in [0.05, 0.1) is 15.5 Å². The summed E-state index contributed by atoms with van der Waals surface area (Å²) in [6, 6.07) is 27.3. The zero-order valence-corrected chi connectivity index (χ0v) is 76.7. The van der Waals surface area contributed by atoms with E-state index in [0.29, 0.717) is 38.5 Å². The molecule has 1 amide bonds. The van der Waals surface area contributed by atoms with Gasteiger partial charge in [0, 0.05) is 48.3 Å². The van der Waals surface area contributed by atoms with Crippen LogP contribution < -0.4 is 250 Å². The molecule has 0 fully saturated rings. The fourth-order valence-corrected chi connectivity index (χ4v) is 7.68. The van der Waals surface area contributed by atoms with Crippen LogP contribution in [-0.2, 0) is 44.7 Å². The molecule has 0 saturated carbocycles. The minimum atomic E-state index is -4.14. The Hall–Kier alpha value is 1.77. The Morgan fingerprint density at radius 1 is 0.537 bits per heavy atom. The third-order valence-electron chi connectivity index (χ3n) is 8.53. The van der Waals surface area contributed by atoms with Crippen LogP contribution in [0.25, 0.3) is 32.5 Å². The second-order valence-electron chi connectivity index (χ2n) is 17.7. The molecule has 7 aromatic rings. The number of anilines is 3. The Balaban J connectivity index is -0.000000165. The molecule has 0 aliphatic rings. The molecule has 5 aromatic carbocycles. The van der Waals surface area contributed by atoms with Gasteiger partial charge in [-0.05, 0) is 72.8 Å². The summed E-state index contributed by atoms with van der Waals surface area (Å²) in [6.07, 6.45) is 0. The molecule has 82 heavy (non-hydrogen) atoms. The first-order chi connectivity index (χ1) is 36.0. The molecule has 0 aliphatic heterocycles. The number of nitrogen functional groups attached to an aromatic ring is 2. The number of para-hydroxylation sites is 3. The van der Waals surface area contributed by atoms with E-state index in [9.17, 15) is 30.0 Å². The van der Waals surface area contributed by atoms with E-state index >= 15 is 0 Å². The Bertz CT molecular complexity index is 3120. The number of aromatic hydroxyl groups is 1. The molecule has 2 aromatic heterocycles. The number of phenolic OH excluding ortho intramolecular Hbond substituents is 1. The first-order valence-electron chi connectivity index (χ1n) is 24.9. The number of hydrogen-bond acceptors (Lipinski definition) is 14. The number of nitrogens with one attached hydrogen (secondary N) is 3. The van der Waals surface area contributed by atoms with Crippen molar-refractivity contribution < 1.29 is 277 Å². The number of sulfonamides is 2. The van der Waals surface area contributed by atoms with E-state index in [0.717, 1.165) is 11.8 Å². The number of oxazole rings is 2. The Labute approximate surface area is 700 Å². The Morgan fingerprint density at radius 3 is 1.20 bits per heavy atom. The van der Waals surface area contributed by atoms with Gasteiger partial charge < -0.3 is 41.0 Å². The number of nitrogens with zero attached hydrogens (tertiary/aromatic N) is 2. The molecular weight excluding hydrogens is 1460 g/mol. The molecule has 27 heteroatoms. The van der Waals surface area contributed by atoms with E-state index in [4.69, 9.17) is 69.6 Å². The summed E-state index contributed by atoms with van der Waals surface area (Å²) in [5, 5.41) is 27.0. The average molecular weight is 1550 g/mol. The van der Waals surface area contributed by atoms with Gasteiger partial charge in [-0.3, -0.25) is 4.79 Å². The number of halogens is 3. The Kier molecular flexibility index (Phi) is 56.6. The van der Waals surface area contributed by atoms with Gasteiger partial charge in [-0.15, -0.1) is 0 Å². The van der Waals surface area contributed by atoms with Crippen LogP contribution in [-0.4, -0.2) is 46.2 Å². The molecule has 2 heterocycles. The second kappa shape index (κ2) is 47.7. The molecule has 0 spiro atoms. The molecule has 0 saturated heterocycles. The van der Waals surface area contributed by atoms with E-state index in [-0.39, 0.29) is 282 Å². The number of benzene rings is 5. The predicted molar refractivity (Wildman–Crippen MR) is 326 cm³/mol. The minimum Gasteiger partial charge on any atom is -0.560 e. The van der Waals surface area contributed by atoms with Crippen molar-refractivity contribution in [2.75, 3.05) is 16.8 Å². The number of hydrogen-bond donors (Lipinski definition) is 4. The van der Waals surface area contributed by atoms with Crippen LogP contribution in [0.15, 0.2) is 127 Å². The van der Waals surface area contributed by atoms with Gasteiger partial charge >= 0.3 is 233 Å². The van der Waals surface area contributed by atoms with E-state index in [2.05, 4.69) is 15.3 Å². The third kappa shape index (κ3) is 37.2. The first kappa shape index (κ1) is 97.4. The fraction of sp³-hybridized carbons (Fsp3) is 0.400. The van der Waals surface area contributed by atoms with Gasteiger partial charge in [0.25, 0.3) is 9.05 Å². The van der Waals surface area contributed by atoms with Crippen molar-refractivity contribution in [1.82, 2.24) is 9.97 Å². The minimum absolute atomic E-state index is 0. The second-order valence-corrected chi connectivity index (χ2v) is 24.0. The van der Waals surface area contributed by atoms with Crippen LogP contribution in [0.3, 0.4) is 0 Å². The molecule has 0 bridgehead atoms. The van der Waals surface area contributed by atoms with Crippen LogP contribution in [0.5, 0.6) is 5.75 Å². The third-order valence-corrected chi connectivity index (χ3v) is 12.1. The average Bonchev–Trinajstić information content (AvgIpc) is 4.02. The van der Waals surface area contributed by atoms with Crippen molar-refractivity contribution >= 4 is 108 Å². The van der Waals surface area contributed by atoms with E-state index < -0.39 is 39.7 Å². The van der Waals surface area contributed by atoms with Crippen molar-refractivity contribution in [2.45, 2.75) is 157 Å². The normalized spacial score (nSPS) is 10.3. The number of aromatic nitrogens is 2. The van der Waals surface area contributed by atoms with Gasteiger partial charge in [0.1, 0.15) is 36.0 Å². The maximum absolute atomic E-state index is 11.6. The van der Waals surface area contributed by atoms with Crippen molar-refractivity contribution in [2.24, 2.45) is 5.41 Å². The van der Waals surface area contributed by atoms with Crippen molar-refractivity contribution in [3.05, 3.63) is 135 Å². The summed E-state index contributed by atoms with van der Waals surface area (Å²) >= 11 is 11.4. The number of rotatable bonds is 4. The van der Waals surface area contributed by atoms with Gasteiger partial charge in [0.2, 0.25) is 17.7 Å².